The van der Waals surface area contributed by atoms with Crippen molar-refractivity contribution in [3.63, 3.8) is 0 Å². The summed E-state index contributed by atoms with van der Waals surface area (Å²) >= 11 is 0. The number of nitrogens with one attached hydrogen (secondary N) is 1. The van der Waals surface area contributed by atoms with Crippen LogP contribution >= 0.6 is 0 Å². The van der Waals surface area contributed by atoms with Crippen molar-refractivity contribution in [2.45, 2.75) is 13.5 Å². The van der Waals surface area contributed by atoms with Crippen LogP contribution in [0.2, 0.25) is 0 Å². The first-order valence-corrected chi connectivity index (χ1v) is 5.63. The van der Waals surface area contributed by atoms with Gasteiger partial charge in [-0.1, -0.05) is 0 Å². The van der Waals surface area contributed by atoms with Crippen LogP contribution in [0.15, 0.2) is 12.3 Å². The Morgan fingerprint density at radius 2 is 2.35 bits per heavy atom. The molecular formula is C11H16N4O2. The smallest absolute Gasteiger partial charge is 0.271 e. The predicted molar refractivity (Wildman–Crippen MR) is 63.4 cm³/mol. The minimum Gasteiger partial charge on any atom is -0.397 e. The summed E-state index contributed by atoms with van der Waals surface area (Å²) in [6.07, 6.45) is 1.73. The lowest BCUT2D eigenvalue weighted by molar-refractivity contribution is -0.123. The van der Waals surface area contributed by atoms with Crippen LogP contribution in [0, 0.1) is 0 Å². The molecule has 1 saturated heterocycles. The highest BCUT2D eigenvalue weighted by atomic mass is 16.2. The van der Waals surface area contributed by atoms with E-state index in [1.807, 2.05) is 6.92 Å². The molecule has 1 aliphatic rings. The highest BCUT2D eigenvalue weighted by Gasteiger charge is 2.24. The van der Waals surface area contributed by atoms with Crippen LogP contribution in [-0.2, 0) is 11.3 Å². The molecule has 0 atom stereocenters. The minimum absolute atomic E-state index is 0.118. The van der Waals surface area contributed by atoms with E-state index in [0.29, 0.717) is 31.0 Å². The third kappa shape index (κ3) is 2.25. The predicted octanol–water partition coefficient (Wildman–Crippen LogP) is -0.338. The Kier molecular flexibility index (Phi) is 3.03. The molecule has 92 valence electrons. The molecule has 0 aromatic carbocycles. The molecule has 2 rings (SSSR count). The Balaban J connectivity index is 2.20. The molecule has 3 N–H and O–H groups in total. The number of amides is 2. The number of carbonyl (C=O) groups excluding carboxylic acids is 2. The number of piperazine rings is 1. The van der Waals surface area contributed by atoms with E-state index in [-0.39, 0.29) is 18.4 Å². The maximum Gasteiger partial charge on any atom is 0.271 e. The number of anilines is 1. The fourth-order valence-electron chi connectivity index (χ4n) is 1.95. The normalized spacial score (nSPS) is 15.8. The van der Waals surface area contributed by atoms with Gasteiger partial charge in [0.25, 0.3) is 5.91 Å². The van der Waals surface area contributed by atoms with E-state index in [2.05, 4.69) is 5.32 Å². The summed E-state index contributed by atoms with van der Waals surface area (Å²) in [5.74, 6) is -0.259. The first-order valence-electron chi connectivity index (χ1n) is 5.63. The average Bonchev–Trinajstić information content (AvgIpc) is 2.69. The molecule has 17 heavy (non-hydrogen) atoms. The Hall–Kier alpha value is -1.98. The fraction of sp³-hybridized carbons (Fsp3) is 0.455. The quantitative estimate of drug-likeness (QED) is 0.737. The number of hydrogen-bond acceptors (Lipinski definition) is 3. The molecule has 6 heteroatoms. The maximum absolute atomic E-state index is 12.2. The van der Waals surface area contributed by atoms with Crippen LogP contribution in [0.5, 0.6) is 0 Å². The summed E-state index contributed by atoms with van der Waals surface area (Å²) in [4.78, 5) is 25.0. The standard InChI is InChI=1S/C11H16N4O2/c1-2-14-6-8(12)5-9(14)11(17)15-4-3-13-10(16)7-15/h5-6H,2-4,7,12H2,1H3,(H,13,16). The van der Waals surface area contributed by atoms with Crippen molar-refractivity contribution >= 4 is 17.5 Å². The SMILES string of the molecule is CCn1cc(N)cc1C(=O)N1CCNC(=O)C1. The van der Waals surface area contributed by atoms with Gasteiger partial charge in [0, 0.05) is 25.8 Å². The molecule has 0 saturated carbocycles. The van der Waals surface area contributed by atoms with E-state index in [1.54, 1.807) is 21.7 Å². The third-order valence-electron chi connectivity index (χ3n) is 2.80. The summed E-state index contributed by atoms with van der Waals surface area (Å²) in [5.41, 5.74) is 6.79. The van der Waals surface area contributed by atoms with Gasteiger partial charge in [-0.15, -0.1) is 0 Å². The molecule has 0 radical (unpaired) electrons. The van der Waals surface area contributed by atoms with Crippen LogP contribution in [0.3, 0.4) is 0 Å². The molecule has 2 amide bonds. The molecule has 0 spiro atoms. The summed E-state index contributed by atoms with van der Waals surface area (Å²) in [5, 5.41) is 2.69. The Labute approximate surface area is 99.4 Å². The van der Waals surface area contributed by atoms with Crippen molar-refractivity contribution in [3.05, 3.63) is 18.0 Å². The maximum atomic E-state index is 12.2. The van der Waals surface area contributed by atoms with Gasteiger partial charge in [-0.2, -0.15) is 0 Å². The lowest BCUT2D eigenvalue weighted by Crippen LogP contribution is -2.50. The third-order valence-corrected chi connectivity index (χ3v) is 2.80. The minimum atomic E-state index is -0.140. The van der Waals surface area contributed by atoms with Gasteiger partial charge in [-0.05, 0) is 13.0 Å². The van der Waals surface area contributed by atoms with Crippen LogP contribution < -0.4 is 11.1 Å². The van der Waals surface area contributed by atoms with E-state index >= 15 is 0 Å². The fourth-order valence-corrected chi connectivity index (χ4v) is 1.95. The van der Waals surface area contributed by atoms with Gasteiger partial charge in [-0.25, -0.2) is 0 Å². The average molecular weight is 236 g/mol. The number of nitrogens with two attached hydrogens (primary N) is 1. The van der Waals surface area contributed by atoms with Crippen LogP contribution in [0.1, 0.15) is 17.4 Å². The largest absolute Gasteiger partial charge is 0.397 e. The number of nitrogen functional groups attached to an aromatic ring is 1. The Morgan fingerprint density at radius 1 is 1.59 bits per heavy atom. The van der Waals surface area contributed by atoms with Gasteiger partial charge in [0.05, 0.1) is 12.2 Å². The number of aryl methyl sites for hydroxylation is 1. The molecule has 0 bridgehead atoms. The van der Waals surface area contributed by atoms with Gasteiger partial charge in [0.2, 0.25) is 5.91 Å². The number of carbonyl (C=O) groups is 2. The summed E-state index contributed by atoms with van der Waals surface area (Å²) < 4.78 is 1.80. The van der Waals surface area contributed by atoms with Crippen LogP contribution in [0.4, 0.5) is 5.69 Å². The van der Waals surface area contributed by atoms with Gasteiger partial charge in [0.1, 0.15) is 5.69 Å². The Morgan fingerprint density at radius 3 is 3.00 bits per heavy atom. The lowest BCUT2D eigenvalue weighted by atomic mass is 10.3. The topological polar surface area (TPSA) is 80.4 Å². The zero-order valence-electron chi connectivity index (χ0n) is 9.77. The number of nitrogens with zero attached hydrogens (tertiary/aromatic N) is 2. The van der Waals surface area contributed by atoms with E-state index in [4.69, 9.17) is 5.73 Å². The highest BCUT2D eigenvalue weighted by Crippen LogP contribution is 2.13. The first kappa shape index (κ1) is 11.5. The molecule has 2 heterocycles. The summed E-state index contributed by atoms with van der Waals surface area (Å²) in [6, 6.07) is 1.65. The number of aromatic nitrogens is 1. The van der Waals surface area contributed by atoms with Crippen molar-refractivity contribution in [1.29, 1.82) is 0 Å². The molecule has 1 aromatic heterocycles. The van der Waals surface area contributed by atoms with Crippen LogP contribution in [0.25, 0.3) is 0 Å². The zero-order chi connectivity index (χ0) is 12.4. The second kappa shape index (κ2) is 4.48. The number of rotatable bonds is 2. The summed E-state index contributed by atoms with van der Waals surface area (Å²) in [6.45, 7) is 3.79. The highest BCUT2D eigenvalue weighted by molar-refractivity contribution is 5.96. The van der Waals surface area contributed by atoms with Gasteiger partial charge < -0.3 is 20.5 Å². The monoisotopic (exact) mass is 236 g/mol. The zero-order valence-corrected chi connectivity index (χ0v) is 9.77. The molecule has 6 nitrogen and oxygen atoms in total. The van der Waals surface area contributed by atoms with E-state index < -0.39 is 0 Å². The molecule has 0 aliphatic carbocycles. The van der Waals surface area contributed by atoms with Crippen molar-refractivity contribution in [2.24, 2.45) is 0 Å². The molecule has 1 fully saturated rings. The van der Waals surface area contributed by atoms with Crippen molar-refractivity contribution in [2.75, 3.05) is 25.4 Å². The summed E-state index contributed by atoms with van der Waals surface area (Å²) in [7, 11) is 0. The molecule has 1 aliphatic heterocycles. The molecular weight excluding hydrogens is 220 g/mol. The van der Waals surface area contributed by atoms with Gasteiger partial charge in [0.15, 0.2) is 0 Å². The van der Waals surface area contributed by atoms with Crippen LogP contribution in [-0.4, -0.2) is 40.9 Å². The van der Waals surface area contributed by atoms with Crippen molar-refractivity contribution in [1.82, 2.24) is 14.8 Å². The van der Waals surface area contributed by atoms with E-state index in [1.165, 1.54) is 0 Å². The van der Waals surface area contributed by atoms with Gasteiger partial charge in [-0.3, -0.25) is 9.59 Å². The molecule has 0 unspecified atom stereocenters. The Bertz CT molecular complexity index is 452. The second-order valence-corrected chi connectivity index (χ2v) is 4.02. The van der Waals surface area contributed by atoms with E-state index in [9.17, 15) is 9.59 Å². The van der Waals surface area contributed by atoms with Crippen molar-refractivity contribution in [3.8, 4) is 0 Å². The molecule has 1 aromatic rings. The van der Waals surface area contributed by atoms with Crippen molar-refractivity contribution < 1.29 is 9.59 Å². The lowest BCUT2D eigenvalue weighted by Gasteiger charge is -2.26. The second-order valence-electron chi connectivity index (χ2n) is 4.02. The van der Waals surface area contributed by atoms with Gasteiger partial charge >= 0.3 is 0 Å². The number of hydrogen-bond donors (Lipinski definition) is 2. The van der Waals surface area contributed by atoms with E-state index in [0.717, 1.165) is 0 Å². The first-order chi connectivity index (χ1) is 8.11.